The normalized spacial score (nSPS) is 15.7. The number of benzene rings is 1. The van der Waals surface area contributed by atoms with Gasteiger partial charge in [-0.2, -0.15) is 10.4 Å². The van der Waals surface area contributed by atoms with Crippen molar-refractivity contribution < 1.29 is 4.79 Å². The van der Waals surface area contributed by atoms with E-state index >= 15 is 0 Å². The average molecular weight is 336 g/mol. The lowest BCUT2D eigenvalue weighted by molar-refractivity contribution is -0.128. The van der Waals surface area contributed by atoms with E-state index in [2.05, 4.69) is 28.6 Å². The van der Waals surface area contributed by atoms with Gasteiger partial charge in [-0.1, -0.05) is 43.2 Å². The number of carbonyl (C=O) groups excluding carboxylic acids is 1. The zero-order valence-corrected chi connectivity index (χ0v) is 14.9. The summed E-state index contributed by atoms with van der Waals surface area (Å²) < 4.78 is 1.97. The van der Waals surface area contributed by atoms with E-state index in [-0.39, 0.29) is 5.91 Å². The Labute approximate surface area is 148 Å². The summed E-state index contributed by atoms with van der Waals surface area (Å²) in [6.07, 6.45) is 3.24. The molecule has 1 fully saturated rings. The highest BCUT2D eigenvalue weighted by molar-refractivity contribution is 5.85. The molecule has 1 heterocycles. The second-order valence-corrected chi connectivity index (χ2v) is 6.88. The first-order valence-electron chi connectivity index (χ1n) is 8.82. The maximum absolute atomic E-state index is 12.5. The lowest BCUT2D eigenvalue weighted by Crippen LogP contribution is -2.38. The van der Waals surface area contributed by atoms with Gasteiger partial charge in [-0.25, -0.2) is 0 Å². The Morgan fingerprint density at radius 2 is 1.96 bits per heavy atom. The Balaban J connectivity index is 1.71. The van der Waals surface area contributed by atoms with Crippen LogP contribution in [-0.2, 0) is 17.9 Å². The summed E-state index contributed by atoms with van der Waals surface area (Å²) >= 11 is 0. The fourth-order valence-electron chi connectivity index (χ4n) is 3.61. The summed E-state index contributed by atoms with van der Waals surface area (Å²) in [6.45, 7) is 5.13. The molecule has 130 valence electrons. The molecule has 2 aromatic rings. The maximum atomic E-state index is 12.5. The van der Waals surface area contributed by atoms with Crippen molar-refractivity contribution in [2.45, 2.75) is 52.6 Å². The molecule has 1 aromatic carbocycles. The van der Waals surface area contributed by atoms with E-state index in [0.29, 0.717) is 25.9 Å². The first-order chi connectivity index (χ1) is 12.1. The van der Waals surface area contributed by atoms with Gasteiger partial charge in [-0.15, -0.1) is 0 Å². The van der Waals surface area contributed by atoms with Gasteiger partial charge in [0.2, 0.25) is 5.91 Å². The molecule has 0 unspecified atom stereocenters. The number of rotatable bonds is 5. The summed E-state index contributed by atoms with van der Waals surface area (Å²) in [5, 5.41) is 17.0. The largest absolute Gasteiger partial charge is 0.350 e. The van der Waals surface area contributed by atoms with Crippen LogP contribution in [0.1, 0.15) is 48.2 Å². The van der Waals surface area contributed by atoms with Crippen molar-refractivity contribution >= 4 is 5.91 Å². The van der Waals surface area contributed by atoms with Crippen LogP contribution in [0.3, 0.4) is 0 Å². The number of amides is 1. The molecule has 0 bridgehead atoms. The van der Waals surface area contributed by atoms with Gasteiger partial charge in [-0.05, 0) is 32.3 Å². The molecule has 5 nitrogen and oxygen atoms in total. The smallest absolute Gasteiger partial charge is 0.240 e. The number of nitrogens with one attached hydrogen (secondary N) is 1. The van der Waals surface area contributed by atoms with Crippen molar-refractivity contribution in [3.63, 3.8) is 0 Å². The van der Waals surface area contributed by atoms with Crippen LogP contribution < -0.4 is 5.32 Å². The first kappa shape index (κ1) is 17.2. The van der Waals surface area contributed by atoms with Gasteiger partial charge >= 0.3 is 0 Å². The van der Waals surface area contributed by atoms with E-state index in [1.807, 2.05) is 36.7 Å². The van der Waals surface area contributed by atoms with Crippen LogP contribution in [0.15, 0.2) is 30.3 Å². The van der Waals surface area contributed by atoms with E-state index in [4.69, 9.17) is 0 Å². The van der Waals surface area contributed by atoms with Gasteiger partial charge in [-0.3, -0.25) is 9.48 Å². The molecule has 1 aliphatic rings. The second kappa shape index (κ2) is 7.10. The van der Waals surface area contributed by atoms with Crippen LogP contribution in [-0.4, -0.2) is 15.7 Å². The van der Waals surface area contributed by atoms with Crippen LogP contribution in [0.2, 0.25) is 0 Å². The summed E-state index contributed by atoms with van der Waals surface area (Å²) in [6, 6.07) is 12.4. The first-order valence-corrected chi connectivity index (χ1v) is 8.82. The number of aryl methyl sites for hydroxylation is 1. The third-order valence-electron chi connectivity index (χ3n) is 5.24. The predicted molar refractivity (Wildman–Crippen MR) is 95.6 cm³/mol. The van der Waals surface area contributed by atoms with E-state index in [1.54, 1.807) is 0 Å². The predicted octanol–water partition coefficient (Wildman–Crippen LogP) is 3.25. The van der Waals surface area contributed by atoms with Crippen LogP contribution >= 0.6 is 0 Å². The minimum Gasteiger partial charge on any atom is -0.350 e. The van der Waals surface area contributed by atoms with Crippen LogP contribution in [0.25, 0.3) is 0 Å². The number of carbonyl (C=O) groups is 1. The number of nitriles is 1. The molecule has 5 heteroatoms. The highest BCUT2D eigenvalue weighted by Gasteiger charge is 2.41. The minimum absolute atomic E-state index is 0.137. The van der Waals surface area contributed by atoms with Gasteiger partial charge in [0.25, 0.3) is 0 Å². The van der Waals surface area contributed by atoms with Crippen molar-refractivity contribution in [1.82, 2.24) is 15.1 Å². The van der Waals surface area contributed by atoms with E-state index in [1.165, 1.54) is 5.56 Å². The Bertz CT molecular complexity index is 795. The molecule has 0 saturated heterocycles. The molecule has 1 amide bonds. The molecule has 1 saturated carbocycles. The Kier molecular flexibility index (Phi) is 4.89. The highest BCUT2D eigenvalue weighted by Crippen LogP contribution is 2.37. The number of aromatic nitrogens is 2. The molecule has 0 radical (unpaired) electrons. The standard InChI is InChI=1S/C20H24N4O/c1-15-18(12-22-19(25)20(14-21)10-6-7-11-20)16(2)24(23-15)13-17-8-4-3-5-9-17/h3-5,8-9H,6-7,10-13H2,1-2H3,(H,22,25). The van der Waals surface area contributed by atoms with Gasteiger partial charge < -0.3 is 5.32 Å². The van der Waals surface area contributed by atoms with Gasteiger partial charge in [0.05, 0.1) is 18.3 Å². The highest BCUT2D eigenvalue weighted by atomic mass is 16.2. The molecule has 0 aliphatic heterocycles. The summed E-state index contributed by atoms with van der Waals surface area (Å²) in [5.74, 6) is -0.137. The molecule has 0 spiro atoms. The molecular formula is C20H24N4O. The fourth-order valence-corrected chi connectivity index (χ4v) is 3.61. The van der Waals surface area contributed by atoms with Crippen molar-refractivity contribution in [2.24, 2.45) is 5.41 Å². The third kappa shape index (κ3) is 3.43. The Morgan fingerprint density at radius 1 is 1.28 bits per heavy atom. The van der Waals surface area contributed by atoms with Crippen LogP contribution in [0, 0.1) is 30.6 Å². The SMILES string of the molecule is Cc1nn(Cc2ccccc2)c(C)c1CNC(=O)C1(C#N)CCCC1. The van der Waals surface area contributed by atoms with Crippen molar-refractivity contribution in [3.05, 3.63) is 52.8 Å². The molecule has 25 heavy (non-hydrogen) atoms. The topological polar surface area (TPSA) is 70.7 Å². The van der Waals surface area contributed by atoms with E-state index in [9.17, 15) is 10.1 Å². The van der Waals surface area contributed by atoms with Crippen molar-refractivity contribution in [3.8, 4) is 6.07 Å². The number of hydrogen-bond acceptors (Lipinski definition) is 3. The summed E-state index contributed by atoms with van der Waals surface area (Å²) in [5.41, 5.74) is 3.38. The molecule has 1 aromatic heterocycles. The van der Waals surface area contributed by atoms with E-state index in [0.717, 1.165) is 29.8 Å². The monoisotopic (exact) mass is 336 g/mol. The lowest BCUT2D eigenvalue weighted by atomic mass is 9.87. The van der Waals surface area contributed by atoms with E-state index < -0.39 is 5.41 Å². The molecule has 1 aliphatic carbocycles. The molecule has 0 atom stereocenters. The van der Waals surface area contributed by atoms with Gasteiger partial charge in [0, 0.05) is 17.8 Å². The van der Waals surface area contributed by atoms with Crippen molar-refractivity contribution in [2.75, 3.05) is 0 Å². The summed E-state index contributed by atoms with van der Waals surface area (Å²) in [7, 11) is 0. The average Bonchev–Trinajstić information content (AvgIpc) is 3.21. The Hall–Kier alpha value is -2.61. The van der Waals surface area contributed by atoms with Crippen LogP contribution in [0.4, 0.5) is 0 Å². The summed E-state index contributed by atoms with van der Waals surface area (Å²) in [4.78, 5) is 12.5. The maximum Gasteiger partial charge on any atom is 0.240 e. The number of hydrogen-bond donors (Lipinski definition) is 1. The second-order valence-electron chi connectivity index (χ2n) is 6.88. The zero-order valence-electron chi connectivity index (χ0n) is 14.9. The lowest BCUT2D eigenvalue weighted by Gasteiger charge is -2.19. The minimum atomic E-state index is -0.832. The molecule has 1 N–H and O–H groups in total. The van der Waals surface area contributed by atoms with Crippen molar-refractivity contribution in [1.29, 1.82) is 5.26 Å². The Morgan fingerprint density at radius 3 is 2.60 bits per heavy atom. The van der Waals surface area contributed by atoms with Gasteiger partial charge in [0.1, 0.15) is 5.41 Å². The van der Waals surface area contributed by atoms with Crippen LogP contribution in [0.5, 0.6) is 0 Å². The molecular weight excluding hydrogens is 312 g/mol. The number of nitrogens with zero attached hydrogens (tertiary/aromatic N) is 3. The molecule has 3 rings (SSSR count). The zero-order chi connectivity index (χ0) is 17.9. The fraction of sp³-hybridized carbons (Fsp3) is 0.450. The quantitative estimate of drug-likeness (QED) is 0.911. The van der Waals surface area contributed by atoms with Gasteiger partial charge in [0.15, 0.2) is 0 Å². The third-order valence-corrected chi connectivity index (χ3v) is 5.24.